The normalized spacial score (nSPS) is 14.6. The Hall–Kier alpha value is -3.56. The Morgan fingerprint density at radius 3 is 2.49 bits per heavy atom. The third-order valence-corrected chi connectivity index (χ3v) is 7.09. The van der Waals surface area contributed by atoms with Gasteiger partial charge in [-0.2, -0.15) is 0 Å². The van der Waals surface area contributed by atoms with Gasteiger partial charge in [-0.05, 0) is 49.6 Å². The number of hydrogen-bond acceptors (Lipinski definition) is 6. The summed E-state index contributed by atoms with van der Waals surface area (Å²) in [5.41, 5.74) is 2.49. The van der Waals surface area contributed by atoms with E-state index in [9.17, 15) is 9.59 Å². The van der Waals surface area contributed by atoms with E-state index < -0.39 is 5.97 Å². The number of para-hydroxylation sites is 1. The number of amides is 1. The molecule has 1 unspecified atom stereocenters. The summed E-state index contributed by atoms with van der Waals surface area (Å²) in [6.07, 6.45) is 4.02. The van der Waals surface area contributed by atoms with Crippen LogP contribution in [0.15, 0.2) is 71.3 Å². The van der Waals surface area contributed by atoms with Crippen LogP contribution in [0.2, 0.25) is 0 Å². The summed E-state index contributed by atoms with van der Waals surface area (Å²) in [7, 11) is 2.05. The van der Waals surface area contributed by atoms with Crippen LogP contribution in [0.4, 0.5) is 0 Å². The highest BCUT2D eigenvalue weighted by Gasteiger charge is 2.26. The zero-order chi connectivity index (χ0) is 27.5. The quantitative estimate of drug-likeness (QED) is 0.247. The van der Waals surface area contributed by atoms with Gasteiger partial charge in [0.2, 0.25) is 0 Å². The van der Waals surface area contributed by atoms with Gasteiger partial charge in [0.1, 0.15) is 19.4 Å². The summed E-state index contributed by atoms with van der Waals surface area (Å²) >= 11 is 0. The van der Waals surface area contributed by atoms with Crippen molar-refractivity contribution in [3.63, 3.8) is 0 Å². The van der Waals surface area contributed by atoms with E-state index in [0.29, 0.717) is 38.3 Å². The Morgan fingerprint density at radius 2 is 1.77 bits per heavy atom. The number of nitrogens with zero attached hydrogens (tertiary/aromatic N) is 2. The van der Waals surface area contributed by atoms with Gasteiger partial charge in [0.25, 0.3) is 5.91 Å². The van der Waals surface area contributed by atoms with Crippen molar-refractivity contribution in [3.05, 3.63) is 78.1 Å². The van der Waals surface area contributed by atoms with Crippen LogP contribution < -0.4 is 4.74 Å². The highest BCUT2D eigenvalue weighted by atomic mass is 16.5. The Morgan fingerprint density at radius 1 is 1.00 bits per heavy atom. The topological polar surface area (TPSA) is 92.5 Å². The number of hydrogen-bond donors (Lipinski definition) is 1. The van der Waals surface area contributed by atoms with Crippen LogP contribution >= 0.6 is 0 Å². The molecule has 1 aliphatic heterocycles. The molecule has 0 aliphatic carbocycles. The van der Waals surface area contributed by atoms with E-state index >= 15 is 0 Å². The van der Waals surface area contributed by atoms with Crippen LogP contribution in [0.1, 0.15) is 47.5 Å². The largest absolute Gasteiger partial charge is 0.493 e. The first-order valence-corrected chi connectivity index (χ1v) is 13.7. The van der Waals surface area contributed by atoms with Crippen LogP contribution in [-0.4, -0.2) is 80.6 Å². The summed E-state index contributed by atoms with van der Waals surface area (Å²) in [6, 6.07) is 19.1. The lowest BCUT2D eigenvalue weighted by Gasteiger charge is -2.34. The molecule has 0 spiro atoms. The van der Waals surface area contributed by atoms with Crippen molar-refractivity contribution in [2.45, 2.75) is 31.6 Å². The maximum absolute atomic E-state index is 13.9. The number of carboxylic acids is 1. The first kappa shape index (κ1) is 28.5. The highest BCUT2D eigenvalue weighted by Crippen LogP contribution is 2.29. The third kappa shape index (κ3) is 8.21. The zero-order valence-electron chi connectivity index (χ0n) is 22.6. The number of rotatable bonds is 14. The Bertz CT molecular complexity index is 1180. The number of carbonyl (C=O) groups is 2. The molecule has 206 valence electrons. The lowest BCUT2D eigenvalue weighted by molar-refractivity contribution is -0.137. The second-order valence-electron chi connectivity index (χ2n) is 9.77. The lowest BCUT2D eigenvalue weighted by Crippen LogP contribution is -2.44. The number of benzene rings is 2. The summed E-state index contributed by atoms with van der Waals surface area (Å²) < 4.78 is 17.1. The Balaban J connectivity index is 1.48. The zero-order valence-corrected chi connectivity index (χ0v) is 22.6. The lowest BCUT2D eigenvalue weighted by atomic mass is 9.86. The van der Waals surface area contributed by atoms with E-state index in [1.54, 1.807) is 6.26 Å². The molecule has 1 aliphatic rings. The van der Waals surface area contributed by atoms with Crippen LogP contribution in [0.5, 0.6) is 5.75 Å². The summed E-state index contributed by atoms with van der Waals surface area (Å²) in [5.74, 6) is 0.491. The maximum atomic E-state index is 13.9. The summed E-state index contributed by atoms with van der Waals surface area (Å²) in [4.78, 5) is 28.9. The molecule has 8 nitrogen and oxygen atoms in total. The molecule has 1 amide bonds. The second-order valence-corrected chi connectivity index (χ2v) is 9.77. The van der Waals surface area contributed by atoms with Crippen LogP contribution in [0, 0.1) is 0 Å². The molecule has 3 aromatic rings. The SMILES string of the molecule is BC(c1ccccc1OCCCCCC(=O)O)N(CCN1CCOCC1)C(=O)c1ccc(-c2ccco2)cc1. The number of morpholine rings is 1. The van der Waals surface area contributed by atoms with Crippen molar-refractivity contribution in [2.75, 3.05) is 46.0 Å². The molecule has 2 aromatic carbocycles. The van der Waals surface area contributed by atoms with Crippen molar-refractivity contribution in [1.82, 2.24) is 9.80 Å². The van der Waals surface area contributed by atoms with E-state index in [1.165, 1.54) is 0 Å². The molecule has 1 atom stereocenters. The fourth-order valence-electron chi connectivity index (χ4n) is 4.79. The van der Waals surface area contributed by atoms with Crippen molar-refractivity contribution >= 4 is 19.7 Å². The molecule has 0 radical (unpaired) electrons. The predicted octanol–water partition coefficient (Wildman–Crippen LogP) is 4.08. The van der Waals surface area contributed by atoms with Crippen LogP contribution in [0.25, 0.3) is 11.3 Å². The third-order valence-electron chi connectivity index (χ3n) is 7.09. The minimum Gasteiger partial charge on any atom is -0.493 e. The predicted molar refractivity (Wildman–Crippen MR) is 152 cm³/mol. The molecule has 1 N–H and O–H groups in total. The van der Waals surface area contributed by atoms with Gasteiger partial charge in [-0.3, -0.25) is 14.5 Å². The standard InChI is InChI=1S/C30H37BN2O6/c31-29(25-7-3-4-8-27(25)39-19-5-1-2-10-28(34)35)33(16-15-32-17-21-37-22-18-32)30(36)24-13-11-23(12-14-24)26-9-6-20-38-26/h3-4,6-9,11-14,20,29H,1-2,5,10,15-19,21-22,31H2,(H,34,35). The minimum absolute atomic E-state index is 0.0368. The Labute approximate surface area is 230 Å². The first-order chi connectivity index (χ1) is 19.0. The average Bonchev–Trinajstić information content (AvgIpc) is 3.51. The number of ether oxygens (including phenoxy) is 2. The van der Waals surface area contributed by atoms with E-state index in [0.717, 1.165) is 55.1 Å². The fraction of sp³-hybridized carbons (Fsp3) is 0.400. The second kappa shape index (κ2) is 14.6. The minimum atomic E-state index is -0.771. The van der Waals surface area contributed by atoms with Crippen molar-refractivity contribution in [1.29, 1.82) is 0 Å². The monoisotopic (exact) mass is 532 g/mol. The molecular formula is C30H37BN2O6. The number of unbranched alkanes of at least 4 members (excludes halogenated alkanes) is 2. The molecule has 2 heterocycles. The van der Waals surface area contributed by atoms with E-state index in [-0.39, 0.29) is 18.3 Å². The van der Waals surface area contributed by atoms with Gasteiger partial charge < -0.3 is 23.9 Å². The molecular weight excluding hydrogens is 495 g/mol. The van der Waals surface area contributed by atoms with Crippen molar-refractivity contribution < 1.29 is 28.6 Å². The molecule has 4 rings (SSSR count). The van der Waals surface area contributed by atoms with Gasteiger partial charge in [0.15, 0.2) is 0 Å². The van der Waals surface area contributed by atoms with E-state index in [2.05, 4.69) is 4.90 Å². The number of furan rings is 1. The van der Waals surface area contributed by atoms with Crippen molar-refractivity contribution in [3.8, 4) is 17.1 Å². The van der Waals surface area contributed by atoms with Crippen LogP contribution in [-0.2, 0) is 9.53 Å². The fourth-order valence-corrected chi connectivity index (χ4v) is 4.79. The molecule has 0 saturated carbocycles. The number of carboxylic acid groups (broad SMARTS) is 1. The van der Waals surface area contributed by atoms with Gasteiger partial charge in [-0.15, -0.1) is 0 Å². The first-order valence-electron chi connectivity index (χ1n) is 13.7. The van der Waals surface area contributed by atoms with Gasteiger partial charge in [-0.1, -0.05) is 30.3 Å². The number of aliphatic carboxylic acids is 1. The van der Waals surface area contributed by atoms with Crippen molar-refractivity contribution in [2.24, 2.45) is 0 Å². The van der Waals surface area contributed by atoms with Crippen LogP contribution in [0.3, 0.4) is 0 Å². The summed E-state index contributed by atoms with van der Waals surface area (Å²) in [6.45, 7) is 4.96. The molecule has 1 saturated heterocycles. The van der Waals surface area contributed by atoms with Gasteiger partial charge in [-0.25, -0.2) is 0 Å². The number of carbonyl (C=O) groups excluding carboxylic acids is 1. The molecule has 39 heavy (non-hydrogen) atoms. The van der Waals surface area contributed by atoms with E-state index in [1.807, 2.05) is 73.4 Å². The molecule has 1 fully saturated rings. The van der Waals surface area contributed by atoms with Gasteiger partial charge in [0.05, 0.1) is 26.1 Å². The average molecular weight is 532 g/mol. The maximum Gasteiger partial charge on any atom is 0.303 e. The Kier molecular flexibility index (Phi) is 10.6. The highest BCUT2D eigenvalue weighted by molar-refractivity contribution is 6.14. The molecule has 1 aromatic heterocycles. The molecule has 0 bridgehead atoms. The molecule has 9 heteroatoms. The van der Waals surface area contributed by atoms with Gasteiger partial charge in [0, 0.05) is 55.2 Å². The van der Waals surface area contributed by atoms with E-state index in [4.69, 9.17) is 19.0 Å². The van der Waals surface area contributed by atoms with Gasteiger partial charge >= 0.3 is 5.97 Å². The smallest absolute Gasteiger partial charge is 0.303 e. The summed E-state index contributed by atoms with van der Waals surface area (Å²) in [5, 5.41) is 8.83.